The molecule has 0 aliphatic heterocycles. The lowest BCUT2D eigenvalue weighted by molar-refractivity contribution is -0.144. The van der Waals surface area contributed by atoms with Gasteiger partial charge in [0.15, 0.2) is 0 Å². The molecule has 1 aromatic rings. The van der Waals surface area contributed by atoms with E-state index in [9.17, 15) is 9.90 Å². The summed E-state index contributed by atoms with van der Waals surface area (Å²) in [5.74, 6) is -1.60. The molecule has 0 fully saturated rings. The number of carbonyl (C=O) groups is 1. The number of unbranched alkanes of at least 4 members (excludes halogenated alkanes) is 1. The molecule has 0 saturated heterocycles. The molecule has 0 bridgehead atoms. The second-order valence-corrected chi connectivity index (χ2v) is 4.43. The van der Waals surface area contributed by atoms with Crippen molar-refractivity contribution in [3.8, 4) is 0 Å². The maximum absolute atomic E-state index is 10.6. The maximum atomic E-state index is 10.6. The molecule has 2 N–H and O–H groups in total. The van der Waals surface area contributed by atoms with E-state index >= 15 is 0 Å². The van der Waals surface area contributed by atoms with Crippen LogP contribution < -0.4 is 0 Å². The van der Waals surface area contributed by atoms with E-state index in [0.29, 0.717) is 6.42 Å². The predicted octanol–water partition coefficient (Wildman–Crippen LogP) is 2.48. The molecule has 0 heterocycles. The fourth-order valence-electron chi connectivity index (χ4n) is 1.74. The Balaban J connectivity index is 2.18. The van der Waals surface area contributed by atoms with E-state index < -0.39 is 18.0 Å². The van der Waals surface area contributed by atoms with E-state index in [1.54, 1.807) is 6.92 Å². The van der Waals surface area contributed by atoms with E-state index in [0.717, 1.165) is 19.3 Å². The number of aryl methyl sites for hydroxylation is 1. The van der Waals surface area contributed by atoms with Crippen LogP contribution in [-0.4, -0.2) is 22.3 Å². The molecule has 3 heteroatoms. The van der Waals surface area contributed by atoms with E-state index in [2.05, 4.69) is 12.1 Å². The van der Waals surface area contributed by atoms with Crippen molar-refractivity contribution in [1.29, 1.82) is 0 Å². The van der Waals surface area contributed by atoms with Crippen LogP contribution in [0.4, 0.5) is 0 Å². The van der Waals surface area contributed by atoms with Gasteiger partial charge in [-0.05, 0) is 31.7 Å². The van der Waals surface area contributed by atoms with Gasteiger partial charge in [-0.3, -0.25) is 4.79 Å². The topological polar surface area (TPSA) is 57.5 Å². The predicted molar refractivity (Wildman–Crippen MR) is 66.8 cm³/mol. The largest absolute Gasteiger partial charge is 0.481 e. The molecule has 94 valence electrons. The molecule has 0 aromatic heterocycles. The molecule has 0 spiro atoms. The van der Waals surface area contributed by atoms with Crippen molar-refractivity contribution in [2.24, 2.45) is 5.92 Å². The molecule has 0 aliphatic carbocycles. The molecule has 17 heavy (non-hydrogen) atoms. The average molecular weight is 236 g/mol. The van der Waals surface area contributed by atoms with Crippen LogP contribution >= 0.6 is 0 Å². The van der Waals surface area contributed by atoms with Gasteiger partial charge < -0.3 is 10.2 Å². The summed E-state index contributed by atoms with van der Waals surface area (Å²) in [6.07, 6.45) is 2.64. The lowest BCUT2D eigenvalue weighted by Gasteiger charge is -2.14. The molecule has 0 unspecified atom stereocenters. The number of aliphatic hydroxyl groups is 1. The first-order valence-electron chi connectivity index (χ1n) is 6.06. The Morgan fingerprint density at radius 1 is 1.24 bits per heavy atom. The van der Waals surface area contributed by atoms with Gasteiger partial charge in [0, 0.05) is 0 Å². The summed E-state index contributed by atoms with van der Waals surface area (Å²) in [5.41, 5.74) is 1.29. The second-order valence-electron chi connectivity index (χ2n) is 4.43. The Bertz CT molecular complexity index is 335. The standard InChI is InChI=1S/C14H20O3/c1-11(14(16)17)13(15)10-6-5-9-12-7-3-2-4-8-12/h2-4,7-8,11,13,15H,5-6,9-10H2,1H3,(H,16,17)/t11-,13-/m0/s1. The lowest BCUT2D eigenvalue weighted by Crippen LogP contribution is -2.25. The first kappa shape index (κ1) is 13.7. The number of aliphatic hydroxyl groups excluding tert-OH is 1. The van der Waals surface area contributed by atoms with Gasteiger partial charge >= 0.3 is 5.97 Å². The monoisotopic (exact) mass is 236 g/mol. The van der Waals surface area contributed by atoms with Gasteiger partial charge in [-0.15, -0.1) is 0 Å². The second kappa shape index (κ2) is 7.07. The average Bonchev–Trinajstić information content (AvgIpc) is 2.34. The van der Waals surface area contributed by atoms with Crippen molar-refractivity contribution in [2.75, 3.05) is 0 Å². The lowest BCUT2D eigenvalue weighted by atomic mass is 9.98. The maximum Gasteiger partial charge on any atom is 0.308 e. The highest BCUT2D eigenvalue weighted by molar-refractivity contribution is 5.70. The first-order valence-corrected chi connectivity index (χ1v) is 6.06. The van der Waals surface area contributed by atoms with Crippen molar-refractivity contribution in [3.05, 3.63) is 35.9 Å². The minimum atomic E-state index is -0.930. The van der Waals surface area contributed by atoms with Gasteiger partial charge in [0.1, 0.15) is 0 Å². The SMILES string of the molecule is C[C@H](C(=O)O)[C@@H](O)CCCCc1ccccc1. The smallest absolute Gasteiger partial charge is 0.308 e. The first-order chi connectivity index (χ1) is 8.11. The van der Waals surface area contributed by atoms with Crippen LogP contribution in [0, 0.1) is 5.92 Å². The van der Waals surface area contributed by atoms with Crippen LogP contribution in [0.25, 0.3) is 0 Å². The zero-order chi connectivity index (χ0) is 12.7. The normalized spacial score (nSPS) is 14.2. The Morgan fingerprint density at radius 2 is 1.88 bits per heavy atom. The highest BCUT2D eigenvalue weighted by atomic mass is 16.4. The highest BCUT2D eigenvalue weighted by Crippen LogP contribution is 2.13. The number of rotatable bonds is 7. The summed E-state index contributed by atoms with van der Waals surface area (Å²) in [6.45, 7) is 1.55. The van der Waals surface area contributed by atoms with Crippen molar-refractivity contribution in [2.45, 2.75) is 38.7 Å². The minimum absolute atomic E-state index is 0.556. The van der Waals surface area contributed by atoms with E-state index in [1.165, 1.54) is 5.56 Å². The third kappa shape index (κ3) is 5.00. The summed E-state index contributed by atoms with van der Waals surface area (Å²) < 4.78 is 0. The summed E-state index contributed by atoms with van der Waals surface area (Å²) >= 11 is 0. The number of hydrogen-bond acceptors (Lipinski definition) is 2. The van der Waals surface area contributed by atoms with Crippen molar-refractivity contribution < 1.29 is 15.0 Å². The van der Waals surface area contributed by atoms with Crippen molar-refractivity contribution in [3.63, 3.8) is 0 Å². The molecular formula is C14H20O3. The summed E-state index contributed by atoms with van der Waals surface area (Å²) in [6, 6.07) is 10.2. The molecule has 0 amide bonds. The van der Waals surface area contributed by atoms with Crippen LogP contribution in [-0.2, 0) is 11.2 Å². The van der Waals surface area contributed by atoms with Crippen molar-refractivity contribution >= 4 is 5.97 Å². The molecule has 2 atom stereocenters. The van der Waals surface area contributed by atoms with Crippen molar-refractivity contribution in [1.82, 2.24) is 0 Å². The molecule has 1 aromatic carbocycles. The Kier molecular flexibility index (Phi) is 5.70. The summed E-state index contributed by atoms with van der Waals surface area (Å²) in [7, 11) is 0. The van der Waals surface area contributed by atoms with Gasteiger partial charge in [-0.1, -0.05) is 36.8 Å². The number of carboxylic acids is 1. The molecule has 0 saturated carbocycles. The van der Waals surface area contributed by atoms with E-state index in [1.807, 2.05) is 18.2 Å². The third-order valence-electron chi connectivity index (χ3n) is 3.02. The van der Waals surface area contributed by atoms with Gasteiger partial charge in [0.25, 0.3) is 0 Å². The van der Waals surface area contributed by atoms with Crippen LogP contribution in [0.3, 0.4) is 0 Å². The Hall–Kier alpha value is -1.35. The van der Waals surface area contributed by atoms with Gasteiger partial charge in [-0.25, -0.2) is 0 Å². The Labute approximate surface area is 102 Å². The Morgan fingerprint density at radius 3 is 2.47 bits per heavy atom. The van der Waals surface area contributed by atoms with E-state index in [-0.39, 0.29) is 0 Å². The van der Waals surface area contributed by atoms with Crippen LogP contribution in [0.5, 0.6) is 0 Å². The summed E-state index contributed by atoms with van der Waals surface area (Å²) in [4.78, 5) is 10.6. The quantitative estimate of drug-likeness (QED) is 0.715. The van der Waals surface area contributed by atoms with Gasteiger partial charge in [-0.2, -0.15) is 0 Å². The molecule has 0 aliphatic rings. The fourth-order valence-corrected chi connectivity index (χ4v) is 1.74. The number of aliphatic carboxylic acids is 1. The molecule has 3 nitrogen and oxygen atoms in total. The molecular weight excluding hydrogens is 216 g/mol. The van der Waals surface area contributed by atoms with Gasteiger partial charge in [0.2, 0.25) is 0 Å². The summed E-state index contributed by atoms with van der Waals surface area (Å²) in [5, 5.41) is 18.3. The molecule has 1 rings (SSSR count). The zero-order valence-electron chi connectivity index (χ0n) is 10.2. The van der Waals surface area contributed by atoms with Crippen LogP contribution in [0.2, 0.25) is 0 Å². The van der Waals surface area contributed by atoms with Crippen LogP contribution in [0.15, 0.2) is 30.3 Å². The number of hydrogen-bond donors (Lipinski definition) is 2. The molecule has 0 radical (unpaired) electrons. The third-order valence-corrected chi connectivity index (χ3v) is 3.02. The van der Waals surface area contributed by atoms with Gasteiger partial charge in [0.05, 0.1) is 12.0 Å². The zero-order valence-corrected chi connectivity index (χ0v) is 10.2. The number of carboxylic acid groups (broad SMARTS) is 1. The van der Waals surface area contributed by atoms with Crippen LogP contribution in [0.1, 0.15) is 31.7 Å². The fraction of sp³-hybridized carbons (Fsp3) is 0.500. The minimum Gasteiger partial charge on any atom is -0.481 e. The van der Waals surface area contributed by atoms with E-state index in [4.69, 9.17) is 5.11 Å². The number of benzene rings is 1. The highest BCUT2D eigenvalue weighted by Gasteiger charge is 2.20.